The molecule has 1 aliphatic carbocycles. The maximum absolute atomic E-state index is 11.5. The van der Waals surface area contributed by atoms with Crippen molar-refractivity contribution in [3.8, 4) is 5.88 Å². The van der Waals surface area contributed by atoms with E-state index in [-0.39, 0.29) is 28.7 Å². The van der Waals surface area contributed by atoms with E-state index in [0.29, 0.717) is 17.6 Å². The largest absolute Gasteiger partial charge is 0.477 e. The number of aromatic carboxylic acids is 1. The lowest BCUT2D eigenvalue weighted by molar-refractivity contribution is 0.00381. The van der Waals surface area contributed by atoms with Crippen LogP contribution in [0.2, 0.25) is 0 Å². The van der Waals surface area contributed by atoms with Crippen molar-refractivity contribution in [1.82, 2.24) is 14.8 Å². The summed E-state index contributed by atoms with van der Waals surface area (Å²) < 4.78 is 13.4. The smallest absolute Gasteiger partial charge is 0.341 e. The first kappa shape index (κ1) is 15.4. The molecule has 1 N–H and O–H groups in total. The van der Waals surface area contributed by atoms with Gasteiger partial charge in [-0.2, -0.15) is 10.1 Å². The molecule has 3 aliphatic rings. The Balaban J connectivity index is 1.75. The third-order valence-electron chi connectivity index (χ3n) is 5.16. The molecular weight excluding hydrogens is 310 g/mol. The zero-order valence-electron chi connectivity index (χ0n) is 14.1. The van der Waals surface area contributed by atoms with Gasteiger partial charge in [0, 0.05) is 24.4 Å². The number of aromatic nitrogens is 3. The molecule has 1 saturated carbocycles. The van der Waals surface area contributed by atoms with E-state index in [1.54, 1.807) is 6.07 Å². The van der Waals surface area contributed by atoms with Gasteiger partial charge in [-0.05, 0) is 26.3 Å². The molecule has 24 heavy (non-hydrogen) atoms. The van der Waals surface area contributed by atoms with Gasteiger partial charge in [-0.1, -0.05) is 6.92 Å². The molecule has 128 valence electrons. The van der Waals surface area contributed by atoms with Gasteiger partial charge in [-0.25, -0.2) is 4.79 Å². The number of hydrogen-bond donors (Lipinski definition) is 1. The van der Waals surface area contributed by atoms with Crippen LogP contribution in [-0.2, 0) is 10.3 Å². The third kappa shape index (κ3) is 2.18. The van der Waals surface area contributed by atoms with Crippen LogP contribution in [0.5, 0.6) is 5.88 Å². The lowest BCUT2D eigenvalue weighted by Gasteiger charge is -2.42. The summed E-state index contributed by atoms with van der Waals surface area (Å²) in [5.74, 6) is -0.915. The summed E-state index contributed by atoms with van der Waals surface area (Å²) >= 11 is 0. The fourth-order valence-corrected chi connectivity index (χ4v) is 3.78. The first-order valence-electron chi connectivity index (χ1n) is 8.29. The third-order valence-corrected chi connectivity index (χ3v) is 5.16. The Bertz CT molecular complexity index is 823. The Kier molecular flexibility index (Phi) is 3.16. The number of rotatable bonds is 5. The normalized spacial score (nSPS) is 29.5. The Labute approximate surface area is 139 Å². The first-order valence-corrected chi connectivity index (χ1v) is 8.29. The van der Waals surface area contributed by atoms with E-state index in [9.17, 15) is 9.90 Å². The van der Waals surface area contributed by atoms with Crippen molar-refractivity contribution in [2.24, 2.45) is 0 Å². The fraction of sp³-hybridized carbons (Fsp3) is 0.588. The number of fused-ring (bicyclic) bond motifs is 2. The number of pyridine rings is 1. The molecular formula is C17H21N3O4. The van der Waals surface area contributed by atoms with Gasteiger partial charge in [-0.15, -0.1) is 0 Å². The summed E-state index contributed by atoms with van der Waals surface area (Å²) in [6.07, 6.45) is 4.39. The second-order valence-electron chi connectivity index (χ2n) is 7.29. The summed E-state index contributed by atoms with van der Waals surface area (Å²) in [7, 11) is 0. The van der Waals surface area contributed by atoms with Gasteiger partial charge in [0.2, 0.25) is 5.88 Å². The van der Waals surface area contributed by atoms with E-state index < -0.39 is 5.97 Å². The number of carboxylic acids is 1. The van der Waals surface area contributed by atoms with E-state index in [1.165, 1.54) is 0 Å². The molecule has 2 bridgehead atoms. The molecule has 1 unspecified atom stereocenters. The van der Waals surface area contributed by atoms with Gasteiger partial charge in [0.15, 0.2) is 5.65 Å². The minimum absolute atomic E-state index is 0.0391. The van der Waals surface area contributed by atoms with Crippen molar-refractivity contribution in [2.75, 3.05) is 6.61 Å². The van der Waals surface area contributed by atoms with Crippen LogP contribution in [0.25, 0.3) is 11.0 Å². The minimum atomic E-state index is -1.05. The molecule has 3 fully saturated rings. The maximum Gasteiger partial charge on any atom is 0.341 e. The Morgan fingerprint density at radius 3 is 2.88 bits per heavy atom. The molecule has 2 aromatic heterocycles. The summed E-state index contributed by atoms with van der Waals surface area (Å²) in [6.45, 7) is 6.62. The van der Waals surface area contributed by atoms with Crippen LogP contribution in [0.1, 0.15) is 50.4 Å². The van der Waals surface area contributed by atoms with Crippen LogP contribution in [0.3, 0.4) is 0 Å². The Hall–Kier alpha value is -2.15. The van der Waals surface area contributed by atoms with Crippen LogP contribution in [0.4, 0.5) is 0 Å². The molecule has 2 aliphatic heterocycles. The van der Waals surface area contributed by atoms with Crippen LogP contribution in [-0.4, -0.2) is 44.2 Å². The molecule has 7 nitrogen and oxygen atoms in total. The lowest BCUT2D eigenvalue weighted by Crippen LogP contribution is -2.49. The minimum Gasteiger partial charge on any atom is -0.477 e. The molecule has 5 rings (SSSR count). The van der Waals surface area contributed by atoms with E-state index in [0.717, 1.165) is 19.3 Å². The van der Waals surface area contributed by atoms with Crippen LogP contribution >= 0.6 is 0 Å². The topological polar surface area (TPSA) is 86.5 Å². The number of carboxylic acid groups (broad SMARTS) is 1. The zero-order valence-corrected chi connectivity index (χ0v) is 14.1. The molecule has 2 aromatic rings. The predicted octanol–water partition coefficient (Wildman–Crippen LogP) is 2.58. The standard InChI is InChI=1S/C17H21N3O4/c1-4-10(2)24-14-12(15(21)22)5-11-6-20(19-13(11)18-14)17-7-16(3,8-17)23-9-17/h5-6,10H,4,7-9H2,1-3H3,(H,21,22). The van der Waals surface area contributed by atoms with Crippen LogP contribution in [0, 0.1) is 0 Å². The van der Waals surface area contributed by atoms with Crippen molar-refractivity contribution in [2.45, 2.75) is 57.3 Å². The average molecular weight is 331 g/mol. The summed E-state index contributed by atoms with van der Waals surface area (Å²) in [6, 6.07) is 1.59. The van der Waals surface area contributed by atoms with Crippen molar-refractivity contribution >= 4 is 17.0 Å². The average Bonchev–Trinajstić information content (AvgIpc) is 3.16. The molecule has 0 aromatic carbocycles. The molecule has 0 amide bonds. The number of carbonyl (C=O) groups is 1. The highest BCUT2D eigenvalue weighted by molar-refractivity contribution is 5.94. The SMILES string of the molecule is CCC(C)Oc1nc2nn(C34COC(C)(C3)C4)cc2cc1C(=O)O. The molecule has 2 saturated heterocycles. The second kappa shape index (κ2) is 4.92. The predicted molar refractivity (Wildman–Crippen MR) is 86.4 cm³/mol. The van der Waals surface area contributed by atoms with Gasteiger partial charge in [-0.3, -0.25) is 4.68 Å². The number of hydrogen-bond acceptors (Lipinski definition) is 5. The van der Waals surface area contributed by atoms with Gasteiger partial charge >= 0.3 is 5.97 Å². The van der Waals surface area contributed by atoms with Crippen LogP contribution in [0.15, 0.2) is 12.3 Å². The van der Waals surface area contributed by atoms with E-state index in [2.05, 4.69) is 17.0 Å². The van der Waals surface area contributed by atoms with Gasteiger partial charge in [0.05, 0.1) is 23.9 Å². The van der Waals surface area contributed by atoms with Crippen molar-refractivity contribution in [3.63, 3.8) is 0 Å². The highest BCUT2D eigenvalue weighted by atomic mass is 16.5. The molecule has 7 heteroatoms. The van der Waals surface area contributed by atoms with Gasteiger partial charge in [0.25, 0.3) is 0 Å². The maximum atomic E-state index is 11.5. The summed E-state index contributed by atoms with van der Waals surface area (Å²) in [4.78, 5) is 15.9. The number of ether oxygens (including phenoxy) is 2. The highest BCUT2D eigenvalue weighted by Gasteiger charge is 2.61. The zero-order chi connectivity index (χ0) is 17.1. The van der Waals surface area contributed by atoms with Crippen molar-refractivity contribution in [1.29, 1.82) is 0 Å². The van der Waals surface area contributed by atoms with E-state index in [4.69, 9.17) is 9.47 Å². The van der Waals surface area contributed by atoms with E-state index in [1.807, 2.05) is 24.7 Å². The highest BCUT2D eigenvalue weighted by Crippen LogP contribution is 2.55. The van der Waals surface area contributed by atoms with Gasteiger partial charge in [0.1, 0.15) is 5.56 Å². The molecule has 4 heterocycles. The fourth-order valence-electron chi connectivity index (χ4n) is 3.78. The number of nitrogens with zero attached hydrogens (tertiary/aromatic N) is 3. The van der Waals surface area contributed by atoms with Crippen molar-refractivity contribution in [3.05, 3.63) is 17.8 Å². The van der Waals surface area contributed by atoms with Gasteiger partial charge < -0.3 is 14.6 Å². The lowest BCUT2D eigenvalue weighted by atomic mass is 9.69. The molecule has 0 radical (unpaired) electrons. The second-order valence-corrected chi connectivity index (χ2v) is 7.29. The Morgan fingerprint density at radius 2 is 2.29 bits per heavy atom. The molecule has 0 spiro atoms. The quantitative estimate of drug-likeness (QED) is 0.906. The first-order chi connectivity index (χ1) is 11.3. The van der Waals surface area contributed by atoms with E-state index >= 15 is 0 Å². The molecule has 1 atom stereocenters. The monoisotopic (exact) mass is 331 g/mol. The summed E-state index contributed by atoms with van der Waals surface area (Å²) in [5, 5.41) is 14.7. The summed E-state index contributed by atoms with van der Waals surface area (Å²) in [5.41, 5.74) is 0.424. The Morgan fingerprint density at radius 1 is 1.54 bits per heavy atom. The van der Waals surface area contributed by atoms with Crippen LogP contribution < -0.4 is 4.74 Å². The van der Waals surface area contributed by atoms with Crippen molar-refractivity contribution < 1.29 is 19.4 Å².